The van der Waals surface area contributed by atoms with E-state index in [4.69, 9.17) is 32.4 Å². The Morgan fingerprint density at radius 2 is 1.64 bits per heavy atom. The van der Waals surface area contributed by atoms with Crippen LogP contribution < -0.4 is 10.1 Å². The fourth-order valence-electron chi connectivity index (χ4n) is 3.24. The van der Waals surface area contributed by atoms with Gasteiger partial charge in [-0.25, -0.2) is 0 Å². The third-order valence-electron chi connectivity index (χ3n) is 4.90. The van der Waals surface area contributed by atoms with Crippen LogP contribution in [0.25, 0.3) is 0 Å². The standard InChI is InChI=1S/C26H19Cl2NO4/c1-16-13-18(27)8-11-23(16)32-15-20-9-12-24(33-20)26(31)29-22-10-7-19(28)14-21(22)25(30)17-5-3-2-4-6-17/h2-14H,15H2,1H3,(H,29,31). The number of furan rings is 1. The summed E-state index contributed by atoms with van der Waals surface area (Å²) in [6, 6.07) is 22.0. The van der Waals surface area contributed by atoms with Gasteiger partial charge < -0.3 is 14.5 Å². The minimum atomic E-state index is -0.492. The molecule has 0 aliphatic carbocycles. The summed E-state index contributed by atoms with van der Waals surface area (Å²) in [6.07, 6.45) is 0. The molecule has 0 bridgehead atoms. The molecule has 1 amide bonds. The molecule has 0 saturated heterocycles. The van der Waals surface area contributed by atoms with E-state index in [-0.39, 0.29) is 23.7 Å². The molecule has 5 nitrogen and oxygen atoms in total. The molecular weight excluding hydrogens is 461 g/mol. The number of halogens is 2. The Morgan fingerprint density at radius 3 is 2.39 bits per heavy atom. The highest BCUT2D eigenvalue weighted by Gasteiger charge is 2.18. The second kappa shape index (κ2) is 9.94. The summed E-state index contributed by atoms with van der Waals surface area (Å²) in [6.45, 7) is 2.04. The monoisotopic (exact) mass is 479 g/mol. The van der Waals surface area contributed by atoms with Crippen molar-refractivity contribution in [3.8, 4) is 5.75 Å². The first-order chi connectivity index (χ1) is 15.9. The Bertz CT molecular complexity index is 1320. The van der Waals surface area contributed by atoms with E-state index >= 15 is 0 Å². The number of aryl methyl sites for hydroxylation is 1. The van der Waals surface area contributed by atoms with Crippen LogP contribution in [0.15, 0.2) is 83.3 Å². The molecule has 0 aliphatic rings. The summed E-state index contributed by atoms with van der Waals surface area (Å²) in [5.74, 6) is 0.501. The van der Waals surface area contributed by atoms with Crippen molar-refractivity contribution in [1.82, 2.24) is 0 Å². The smallest absolute Gasteiger partial charge is 0.291 e. The van der Waals surface area contributed by atoms with Crippen LogP contribution in [0, 0.1) is 6.92 Å². The van der Waals surface area contributed by atoms with Gasteiger partial charge in [-0.1, -0.05) is 53.5 Å². The van der Waals surface area contributed by atoms with Gasteiger partial charge in [0.25, 0.3) is 5.91 Å². The van der Waals surface area contributed by atoms with Gasteiger partial charge in [-0.3, -0.25) is 9.59 Å². The maximum Gasteiger partial charge on any atom is 0.291 e. The first kappa shape index (κ1) is 22.6. The highest BCUT2D eigenvalue weighted by Crippen LogP contribution is 2.26. The summed E-state index contributed by atoms with van der Waals surface area (Å²) in [5, 5.41) is 3.76. The van der Waals surface area contributed by atoms with Gasteiger partial charge in [0.05, 0.1) is 5.69 Å². The third-order valence-corrected chi connectivity index (χ3v) is 5.37. The van der Waals surface area contributed by atoms with Crippen molar-refractivity contribution < 1.29 is 18.7 Å². The molecule has 0 spiro atoms. The number of nitrogens with one attached hydrogen (secondary N) is 1. The highest BCUT2D eigenvalue weighted by molar-refractivity contribution is 6.31. The van der Waals surface area contributed by atoms with Crippen LogP contribution in [-0.2, 0) is 6.61 Å². The van der Waals surface area contributed by atoms with Gasteiger partial charge in [-0.05, 0) is 61.0 Å². The lowest BCUT2D eigenvalue weighted by atomic mass is 10.0. The molecule has 0 saturated carbocycles. The van der Waals surface area contributed by atoms with Crippen molar-refractivity contribution >= 4 is 40.6 Å². The van der Waals surface area contributed by atoms with E-state index < -0.39 is 5.91 Å². The largest absolute Gasteiger partial charge is 0.485 e. The summed E-state index contributed by atoms with van der Waals surface area (Å²) < 4.78 is 11.4. The topological polar surface area (TPSA) is 68.5 Å². The zero-order chi connectivity index (χ0) is 23.4. The van der Waals surface area contributed by atoms with Gasteiger partial charge >= 0.3 is 0 Å². The predicted octanol–water partition coefficient (Wildman–Crippen LogP) is 6.96. The van der Waals surface area contributed by atoms with E-state index in [0.29, 0.717) is 32.8 Å². The molecule has 3 aromatic carbocycles. The molecule has 0 fully saturated rings. The summed E-state index contributed by atoms with van der Waals surface area (Å²) in [5.41, 5.74) is 2.01. The SMILES string of the molecule is Cc1cc(Cl)ccc1OCc1ccc(C(=O)Nc2ccc(Cl)cc2C(=O)c2ccccc2)o1. The van der Waals surface area contributed by atoms with Crippen molar-refractivity contribution in [2.24, 2.45) is 0 Å². The molecule has 0 atom stereocenters. The van der Waals surface area contributed by atoms with Crippen LogP contribution in [-0.4, -0.2) is 11.7 Å². The summed E-state index contributed by atoms with van der Waals surface area (Å²) in [4.78, 5) is 25.7. The van der Waals surface area contributed by atoms with Gasteiger partial charge in [0.1, 0.15) is 18.1 Å². The van der Waals surface area contributed by atoms with Crippen molar-refractivity contribution in [3.05, 3.63) is 117 Å². The van der Waals surface area contributed by atoms with Crippen molar-refractivity contribution in [1.29, 1.82) is 0 Å². The zero-order valence-corrected chi connectivity index (χ0v) is 19.1. The summed E-state index contributed by atoms with van der Waals surface area (Å²) >= 11 is 12.1. The lowest BCUT2D eigenvalue weighted by Crippen LogP contribution is -2.14. The molecule has 4 rings (SSSR count). The Hall–Kier alpha value is -3.54. The second-order valence-corrected chi connectivity index (χ2v) is 8.18. The van der Waals surface area contributed by atoms with E-state index in [0.717, 1.165) is 5.56 Å². The number of hydrogen-bond donors (Lipinski definition) is 1. The zero-order valence-electron chi connectivity index (χ0n) is 17.6. The molecule has 166 valence electrons. The number of hydrogen-bond acceptors (Lipinski definition) is 4. The van der Waals surface area contributed by atoms with E-state index in [1.807, 2.05) is 13.0 Å². The van der Waals surface area contributed by atoms with E-state index in [2.05, 4.69) is 5.32 Å². The molecular formula is C26H19Cl2NO4. The molecule has 1 aromatic heterocycles. The fraction of sp³-hybridized carbons (Fsp3) is 0.0769. The molecule has 1 N–H and O–H groups in total. The van der Waals surface area contributed by atoms with Gasteiger partial charge in [0.2, 0.25) is 0 Å². The average molecular weight is 480 g/mol. The predicted molar refractivity (Wildman–Crippen MR) is 129 cm³/mol. The molecule has 0 unspecified atom stereocenters. The van der Waals surface area contributed by atoms with Crippen molar-refractivity contribution in [2.75, 3.05) is 5.32 Å². The van der Waals surface area contributed by atoms with Gasteiger partial charge in [0.15, 0.2) is 11.5 Å². The minimum Gasteiger partial charge on any atom is -0.485 e. The number of ketones is 1. The van der Waals surface area contributed by atoms with Crippen LogP contribution in [0.3, 0.4) is 0 Å². The molecule has 33 heavy (non-hydrogen) atoms. The van der Waals surface area contributed by atoms with E-state index in [9.17, 15) is 9.59 Å². The molecule has 0 radical (unpaired) electrons. The lowest BCUT2D eigenvalue weighted by molar-refractivity contribution is 0.0992. The van der Waals surface area contributed by atoms with Crippen LogP contribution in [0.1, 0.15) is 37.8 Å². The second-order valence-electron chi connectivity index (χ2n) is 7.30. The first-order valence-corrected chi connectivity index (χ1v) is 10.8. The van der Waals surface area contributed by atoms with Crippen LogP contribution in [0.2, 0.25) is 10.0 Å². The van der Waals surface area contributed by atoms with E-state index in [1.54, 1.807) is 66.7 Å². The Kier molecular flexibility index (Phi) is 6.82. The number of amides is 1. The number of carbonyl (C=O) groups is 2. The Morgan fingerprint density at radius 1 is 0.909 bits per heavy atom. The van der Waals surface area contributed by atoms with Crippen LogP contribution in [0.5, 0.6) is 5.75 Å². The molecule has 7 heteroatoms. The minimum absolute atomic E-state index is 0.0921. The maximum absolute atomic E-state index is 13.0. The van der Waals surface area contributed by atoms with Gasteiger partial charge in [0, 0.05) is 21.2 Å². The maximum atomic E-state index is 13.0. The van der Waals surface area contributed by atoms with Crippen molar-refractivity contribution in [3.63, 3.8) is 0 Å². The van der Waals surface area contributed by atoms with Gasteiger partial charge in [-0.2, -0.15) is 0 Å². The number of carbonyl (C=O) groups excluding carboxylic acids is 2. The quantitative estimate of drug-likeness (QED) is 0.291. The molecule has 0 aliphatic heterocycles. The Balaban J connectivity index is 1.48. The number of anilines is 1. The van der Waals surface area contributed by atoms with E-state index in [1.165, 1.54) is 6.07 Å². The number of rotatable bonds is 7. The molecule has 1 heterocycles. The highest BCUT2D eigenvalue weighted by atomic mass is 35.5. The number of ether oxygens (including phenoxy) is 1. The first-order valence-electron chi connectivity index (χ1n) is 10.1. The lowest BCUT2D eigenvalue weighted by Gasteiger charge is -2.10. The fourth-order valence-corrected chi connectivity index (χ4v) is 3.64. The third kappa shape index (κ3) is 5.45. The Labute approximate surface area is 200 Å². The van der Waals surface area contributed by atoms with Crippen molar-refractivity contribution in [2.45, 2.75) is 13.5 Å². The summed E-state index contributed by atoms with van der Waals surface area (Å²) in [7, 11) is 0. The molecule has 4 aromatic rings. The average Bonchev–Trinajstić information content (AvgIpc) is 3.29. The number of benzene rings is 3. The van der Waals surface area contributed by atoms with Gasteiger partial charge in [-0.15, -0.1) is 0 Å². The normalized spacial score (nSPS) is 10.6. The van der Waals surface area contributed by atoms with Crippen LogP contribution in [0.4, 0.5) is 5.69 Å². The van der Waals surface area contributed by atoms with Crippen LogP contribution >= 0.6 is 23.2 Å².